The SMILES string of the molecule is CC(=O)SCC#Cc1ccc2oc(C(=O)O)cc2c1. The summed E-state index contributed by atoms with van der Waals surface area (Å²) in [5, 5.41) is 9.55. The van der Waals surface area contributed by atoms with Crippen LogP contribution in [0.2, 0.25) is 0 Å². The molecule has 0 saturated heterocycles. The van der Waals surface area contributed by atoms with Gasteiger partial charge in [-0.25, -0.2) is 4.79 Å². The number of aromatic carboxylic acids is 1. The lowest BCUT2D eigenvalue weighted by atomic mass is 10.1. The molecule has 96 valence electrons. The van der Waals surface area contributed by atoms with E-state index in [0.717, 1.165) is 17.3 Å². The van der Waals surface area contributed by atoms with Crippen molar-refractivity contribution in [2.24, 2.45) is 0 Å². The van der Waals surface area contributed by atoms with Gasteiger partial charge in [-0.3, -0.25) is 4.79 Å². The molecule has 0 fully saturated rings. The molecule has 2 rings (SSSR count). The molecule has 0 aliphatic rings. The largest absolute Gasteiger partial charge is 0.475 e. The first-order valence-corrected chi connectivity index (χ1v) is 6.44. The van der Waals surface area contributed by atoms with Gasteiger partial charge in [0, 0.05) is 17.9 Å². The Labute approximate surface area is 113 Å². The standard InChI is InChI=1S/C14H10O4S/c1-9(15)19-6-2-3-10-4-5-12-11(7-10)8-13(18-12)14(16)17/h4-5,7-8H,6H2,1H3,(H,16,17). The summed E-state index contributed by atoms with van der Waals surface area (Å²) in [7, 11) is 0. The van der Waals surface area contributed by atoms with Crippen LogP contribution < -0.4 is 0 Å². The van der Waals surface area contributed by atoms with Gasteiger partial charge in [-0.05, 0) is 24.3 Å². The van der Waals surface area contributed by atoms with E-state index in [1.54, 1.807) is 18.2 Å². The molecule has 5 heteroatoms. The highest BCUT2D eigenvalue weighted by Crippen LogP contribution is 2.20. The molecule has 0 aliphatic carbocycles. The fourth-order valence-corrected chi connectivity index (χ4v) is 1.85. The Morgan fingerprint density at radius 1 is 1.37 bits per heavy atom. The minimum Gasteiger partial charge on any atom is -0.475 e. The van der Waals surface area contributed by atoms with Gasteiger partial charge in [0.2, 0.25) is 5.76 Å². The Morgan fingerprint density at radius 3 is 2.84 bits per heavy atom. The summed E-state index contributed by atoms with van der Waals surface area (Å²) in [4.78, 5) is 21.5. The zero-order valence-corrected chi connectivity index (χ0v) is 10.9. The summed E-state index contributed by atoms with van der Waals surface area (Å²) in [6.45, 7) is 1.50. The third kappa shape index (κ3) is 3.39. The number of hydrogen-bond acceptors (Lipinski definition) is 4. The molecule has 19 heavy (non-hydrogen) atoms. The molecular formula is C14H10O4S. The predicted molar refractivity (Wildman–Crippen MR) is 73.2 cm³/mol. The van der Waals surface area contributed by atoms with Crippen LogP contribution in [0, 0.1) is 11.8 Å². The van der Waals surface area contributed by atoms with Gasteiger partial charge < -0.3 is 9.52 Å². The zero-order valence-electron chi connectivity index (χ0n) is 10.1. The normalized spacial score (nSPS) is 9.95. The first-order valence-electron chi connectivity index (χ1n) is 5.45. The van der Waals surface area contributed by atoms with Crippen molar-refractivity contribution in [1.29, 1.82) is 0 Å². The molecule has 1 aromatic carbocycles. The maximum absolute atomic E-state index is 10.8. The summed E-state index contributed by atoms with van der Waals surface area (Å²) in [5.41, 5.74) is 1.27. The number of carboxylic acids is 1. The van der Waals surface area contributed by atoms with Gasteiger partial charge in [-0.1, -0.05) is 23.6 Å². The van der Waals surface area contributed by atoms with Crippen LogP contribution in [-0.2, 0) is 4.79 Å². The highest BCUT2D eigenvalue weighted by Gasteiger charge is 2.09. The molecule has 0 radical (unpaired) electrons. The Bertz CT molecular complexity index is 703. The van der Waals surface area contributed by atoms with Crippen LogP contribution in [0.15, 0.2) is 28.7 Å². The lowest BCUT2D eigenvalue weighted by molar-refractivity contribution is -0.109. The number of carboxylic acid groups (broad SMARTS) is 1. The van der Waals surface area contributed by atoms with Crippen molar-refractivity contribution in [2.75, 3.05) is 5.75 Å². The van der Waals surface area contributed by atoms with E-state index >= 15 is 0 Å². The number of carbonyl (C=O) groups excluding carboxylic acids is 1. The van der Waals surface area contributed by atoms with Gasteiger partial charge in [0.1, 0.15) is 5.58 Å². The van der Waals surface area contributed by atoms with Gasteiger partial charge in [-0.15, -0.1) is 0 Å². The third-order valence-corrected chi connectivity index (χ3v) is 3.00. The Balaban J connectivity index is 2.21. The van der Waals surface area contributed by atoms with Crippen molar-refractivity contribution >= 4 is 33.8 Å². The molecule has 0 unspecified atom stereocenters. The summed E-state index contributed by atoms with van der Waals surface area (Å²) in [6.07, 6.45) is 0. The molecule has 4 nitrogen and oxygen atoms in total. The van der Waals surface area contributed by atoms with E-state index in [-0.39, 0.29) is 10.9 Å². The van der Waals surface area contributed by atoms with E-state index in [9.17, 15) is 9.59 Å². The first-order chi connectivity index (χ1) is 9.06. The second kappa shape index (κ2) is 5.63. The van der Waals surface area contributed by atoms with Crippen molar-refractivity contribution in [1.82, 2.24) is 0 Å². The van der Waals surface area contributed by atoms with Crippen LogP contribution >= 0.6 is 11.8 Å². The lowest BCUT2D eigenvalue weighted by Crippen LogP contribution is -1.91. The number of benzene rings is 1. The fraction of sp³-hybridized carbons (Fsp3) is 0.143. The average molecular weight is 274 g/mol. The van der Waals surface area contributed by atoms with E-state index in [2.05, 4.69) is 11.8 Å². The van der Waals surface area contributed by atoms with Gasteiger partial charge in [0.25, 0.3) is 0 Å². The average Bonchev–Trinajstić information content (AvgIpc) is 2.77. The molecule has 2 aromatic rings. The highest BCUT2D eigenvalue weighted by molar-refractivity contribution is 8.13. The number of fused-ring (bicyclic) bond motifs is 1. The minimum atomic E-state index is -1.10. The lowest BCUT2D eigenvalue weighted by Gasteiger charge is -1.90. The van der Waals surface area contributed by atoms with Crippen LogP contribution in [-0.4, -0.2) is 21.9 Å². The topological polar surface area (TPSA) is 67.5 Å². The van der Waals surface area contributed by atoms with Gasteiger partial charge in [0.05, 0.1) is 5.75 Å². The Hall–Kier alpha value is -2.19. The van der Waals surface area contributed by atoms with Crippen LogP contribution in [0.4, 0.5) is 0 Å². The zero-order chi connectivity index (χ0) is 13.8. The van der Waals surface area contributed by atoms with Crippen LogP contribution in [0.3, 0.4) is 0 Å². The maximum atomic E-state index is 10.8. The summed E-state index contributed by atoms with van der Waals surface area (Å²) >= 11 is 1.15. The van der Waals surface area contributed by atoms with E-state index in [1.807, 2.05) is 0 Å². The summed E-state index contributed by atoms with van der Waals surface area (Å²) in [6, 6.07) is 6.66. The van der Waals surface area contributed by atoms with Gasteiger partial charge in [0.15, 0.2) is 5.12 Å². The predicted octanol–water partition coefficient (Wildman–Crippen LogP) is 2.76. The van der Waals surface area contributed by atoms with Crippen molar-refractivity contribution in [3.63, 3.8) is 0 Å². The van der Waals surface area contributed by atoms with E-state index in [0.29, 0.717) is 16.7 Å². The van der Waals surface area contributed by atoms with Crippen molar-refractivity contribution in [3.8, 4) is 11.8 Å². The van der Waals surface area contributed by atoms with E-state index in [4.69, 9.17) is 9.52 Å². The summed E-state index contributed by atoms with van der Waals surface area (Å²) < 4.78 is 5.15. The number of thioether (sulfide) groups is 1. The van der Waals surface area contributed by atoms with E-state index in [1.165, 1.54) is 13.0 Å². The molecule has 0 atom stereocenters. The molecule has 0 bridgehead atoms. The minimum absolute atomic E-state index is 0.0330. The van der Waals surface area contributed by atoms with Crippen molar-refractivity contribution in [3.05, 3.63) is 35.6 Å². The number of furan rings is 1. The summed E-state index contributed by atoms with van der Waals surface area (Å²) in [5.74, 6) is 5.05. The van der Waals surface area contributed by atoms with Crippen LogP contribution in [0.25, 0.3) is 11.0 Å². The molecule has 0 spiro atoms. The van der Waals surface area contributed by atoms with Crippen LogP contribution in [0.5, 0.6) is 0 Å². The fourth-order valence-electron chi connectivity index (χ4n) is 1.50. The maximum Gasteiger partial charge on any atom is 0.371 e. The number of rotatable bonds is 2. The third-order valence-electron chi connectivity index (χ3n) is 2.31. The Morgan fingerprint density at radius 2 is 2.16 bits per heavy atom. The molecule has 0 saturated carbocycles. The molecule has 0 aliphatic heterocycles. The molecule has 1 heterocycles. The quantitative estimate of drug-likeness (QED) is 0.853. The van der Waals surface area contributed by atoms with E-state index < -0.39 is 5.97 Å². The van der Waals surface area contributed by atoms with Crippen molar-refractivity contribution in [2.45, 2.75) is 6.92 Å². The monoisotopic (exact) mass is 274 g/mol. The van der Waals surface area contributed by atoms with Gasteiger partial charge >= 0.3 is 5.97 Å². The van der Waals surface area contributed by atoms with Gasteiger partial charge in [-0.2, -0.15) is 0 Å². The molecule has 0 amide bonds. The Kier molecular flexibility index (Phi) is 3.93. The molecular weight excluding hydrogens is 264 g/mol. The number of carbonyl (C=O) groups is 2. The molecule has 1 aromatic heterocycles. The second-order valence-electron chi connectivity index (χ2n) is 3.75. The second-order valence-corrected chi connectivity index (χ2v) is 4.90. The smallest absolute Gasteiger partial charge is 0.371 e. The number of hydrogen-bond donors (Lipinski definition) is 1. The molecule has 1 N–H and O–H groups in total. The first kappa shape index (κ1) is 13.2. The highest BCUT2D eigenvalue weighted by atomic mass is 32.2. The van der Waals surface area contributed by atoms with Crippen molar-refractivity contribution < 1.29 is 19.1 Å². The van der Waals surface area contributed by atoms with Crippen LogP contribution in [0.1, 0.15) is 23.0 Å².